The van der Waals surface area contributed by atoms with Gasteiger partial charge < -0.3 is 59.9 Å². The van der Waals surface area contributed by atoms with Gasteiger partial charge in [-0.2, -0.15) is 0 Å². The summed E-state index contributed by atoms with van der Waals surface area (Å²) >= 11 is 0. The number of rotatable bonds is 39. The number of hydrogen-bond donors (Lipinski definition) is 10. The number of aliphatic hydroxyl groups excluding tert-OH is 7. The van der Waals surface area contributed by atoms with Crippen LogP contribution >= 0.6 is 15.6 Å². The topological polar surface area (TPSA) is 317 Å². The van der Waals surface area contributed by atoms with Crippen molar-refractivity contribution >= 4 is 27.6 Å². The summed E-state index contributed by atoms with van der Waals surface area (Å²) in [6, 6.07) is 0. The maximum atomic E-state index is 13.0. The average Bonchev–Trinajstić information content (AvgIpc) is 3.28. The number of allylic oxidation sites excluding steroid dienone is 7. The highest BCUT2D eigenvalue weighted by Gasteiger charge is 2.54. The molecule has 0 saturated heterocycles. The highest BCUT2D eigenvalue weighted by atomic mass is 31.2. The van der Waals surface area contributed by atoms with Gasteiger partial charge in [0.1, 0.15) is 43.2 Å². The summed E-state index contributed by atoms with van der Waals surface area (Å²) in [7, 11) is -10.8. The second-order valence-electron chi connectivity index (χ2n) is 17.0. The van der Waals surface area contributed by atoms with Gasteiger partial charge in [0.25, 0.3) is 0 Å². The molecule has 394 valence electrons. The van der Waals surface area contributed by atoms with Crippen LogP contribution in [0.2, 0.25) is 0 Å². The van der Waals surface area contributed by atoms with Crippen LogP contribution < -0.4 is 0 Å². The molecule has 21 heteroatoms. The van der Waals surface area contributed by atoms with Crippen LogP contribution in [0.15, 0.2) is 60.8 Å². The summed E-state index contributed by atoms with van der Waals surface area (Å²) in [6.45, 7) is 2.63. The van der Waals surface area contributed by atoms with Crippen LogP contribution in [0.1, 0.15) is 149 Å². The van der Waals surface area contributed by atoms with Crippen molar-refractivity contribution in [1.29, 1.82) is 0 Å². The van der Waals surface area contributed by atoms with Gasteiger partial charge in [-0.15, -0.1) is 0 Å². The number of unbranched alkanes of at least 4 members (excludes halogenated alkanes) is 14. The first kappa shape index (κ1) is 63.6. The predicted molar refractivity (Wildman–Crippen MR) is 254 cm³/mol. The van der Waals surface area contributed by atoms with Crippen LogP contribution in [-0.4, -0.2) is 137 Å². The predicted octanol–water partition coefficient (Wildman–Crippen LogP) is 5.97. The summed E-state index contributed by atoms with van der Waals surface area (Å²) in [5.74, 6) is -1.54. The zero-order valence-electron chi connectivity index (χ0n) is 39.9. The third kappa shape index (κ3) is 31.0. The van der Waals surface area contributed by atoms with Gasteiger partial charge in [-0.05, 0) is 32.1 Å². The lowest BCUT2D eigenvalue weighted by Gasteiger charge is -2.43. The van der Waals surface area contributed by atoms with Crippen molar-refractivity contribution in [3.63, 3.8) is 0 Å². The van der Waals surface area contributed by atoms with Crippen molar-refractivity contribution in [2.45, 2.75) is 210 Å². The second kappa shape index (κ2) is 37.4. The van der Waals surface area contributed by atoms with Gasteiger partial charge in [0.05, 0.1) is 24.9 Å². The molecular formula is C47H82O19P2. The first-order chi connectivity index (χ1) is 32.3. The Hall–Kier alpha value is -2.42. The normalized spacial score (nSPS) is 23.2. The van der Waals surface area contributed by atoms with E-state index in [2.05, 4.69) is 11.4 Å². The maximum Gasteiger partial charge on any atom is 0.472 e. The second-order valence-corrected chi connectivity index (χ2v) is 19.6. The van der Waals surface area contributed by atoms with Gasteiger partial charge in [0.2, 0.25) is 0 Å². The van der Waals surface area contributed by atoms with Crippen LogP contribution in [0.4, 0.5) is 0 Å². The minimum Gasteiger partial charge on any atom is -0.462 e. The number of esters is 2. The van der Waals surface area contributed by atoms with Gasteiger partial charge in [0, 0.05) is 12.8 Å². The molecule has 0 aromatic heterocycles. The largest absolute Gasteiger partial charge is 0.472 e. The van der Waals surface area contributed by atoms with Crippen LogP contribution in [-0.2, 0) is 41.8 Å². The Balaban J connectivity index is 2.74. The molecule has 0 aromatic carbocycles. The van der Waals surface area contributed by atoms with Crippen molar-refractivity contribution in [3.8, 4) is 0 Å². The summed E-state index contributed by atoms with van der Waals surface area (Å²) in [5, 5.41) is 71.9. The fraction of sp³-hybridized carbons (Fsp3) is 0.745. The summed E-state index contributed by atoms with van der Waals surface area (Å²) in [5.41, 5.74) is 0. The van der Waals surface area contributed by atoms with Crippen molar-refractivity contribution in [2.24, 2.45) is 0 Å². The minimum atomic E-state index is -5.41. The van der Waals surface area contributed by atoms with Crippen molar-refractivity contribution in [1.82, 2.24) is 0 Å². The number of aliphatic hydroxyl groups is 7. The average molecular weight is 1010 g/mol. The van der Waals surface area contributed by atoms with Crippen LogP contribution in [0.5, 0.6) is 0 Å². The molecule has 11 atom stereocenters. The van der Waals surface area contributed by atoms with Gasteiger partial charge in [-0.1, -0.05) is 164 Å². The van der Waals surface area contributed by atoms with Gasteiger partial charge in [-0.25, -0.2) is 9.13 Å². The van der Waals surface area contributed by atoms with Crippen LogP contribution in [0.25, 0.3) is 0 Å². The molecule has 0 bridgehead atoms. The van der Waals surface area contributed by atoms with Crippen molar-refractivity contribution in [2.75, 3.05) is 13.2 Å². The number of carbonyl (C=O) groups is 2. The molecule has 1 saturated carbocycles. The van der Waals surface area contributed by atoms with Gasteiger partial charge in [0.15, 0.2) is 6.10 Å². The number of carbonyl (C=O) groups excluding carboxylic acids is 2. The molecular weight excluding hydrogens is 930 g/mol. The monoisotopic (exact) mass is 1010 g/mol. The highest BCUT2D eigenvalue weighted by molar-refractivity contribution is 7.47. The Morgan fingerprint density at radius 3 is 1.62 bits per heavy atom. The molecule has 1 aliphatic rings. The van der Waals surface area contributed by atoms with Crippen molar-refractivity contribution in [3.05, 3.63) is 60.8 Å². The van der Waals surface area contributed by atoms with Crippen molar-refractivity contribution < 1.29 is 92.2 Å². The van der Waals surface area contributed by atoms with E-state index in [1.54, 1.807) is 36.5 Å². The number of hydrogen-bond acceptors (Lipinski definition) is 16. The van der Waals surface area contributed by atoms with E-state index in [1.807, 2.05) is 19.1 Å². The zero-order chi connectivity index (χ0) is 50.8. The van der Waals surface area contributed by atoms with E-state index < -0.39 is 102 Å². The van der Waals surface area contributed by atoms with Gasteiger partial charge in [-0.3, -0.25) is 23.2 Å². The SMILES string of the molecule is CC/C=C\C[C@H](O)/C=C/C=C/C=C\C=C/[C@@H](O)[C@H](O)CCCC(=O)O[C@H](COC(=O)CCCCCCCCCCCCCCCCC)COP(=O)(O)O[C@H]1C(O)C(O)C(O)[C@@H](OP(=O)(O)O)C1O. The molecule has 1 aliphatic carbocycles. The van der Waals surface area contributed by atoms with Gasteiger partial charge >= 0.3 is 27.6 Å². The van der Waals surface area contributed by atoms with E-state index in [0.717, 1.165) is 32.1 Å². The smallest absolute Gasteiger partial charge is 0.462 e. The highest BCUT2D eigenvalue weighted by Crippen LogP contribution is 2.49. The molecule has 1 fully saturated rings. The zero-order valence-corrected chi connectivity index (χ0v) is 41.6. The lowest BCUT2D eigenvalue weighted by atomic mass is 9.85. The molecule has 68 heavy (non-hydrogen) atoms. The Morgan fingerprint density at radius 2 is 1.07 bits per heavy atom. The molecule has 1 rings (SSSR count). The molecule has 5 unspecified atom stereocenters. The van der Waals surface area contributed by atoms with Crippen LogP contribution in [0.3, 0.4) is 0 Å². The Kier molecular flexibility index (Phi) is 35.0. The number of phosphoric ester groups is 2. The van der Waals surface area contributed by atoms with E-state index in [1.165, 1.54) is 76.4 Å². The third-order valence-electron chi connectivity index (χ3n) is 10.9. The Bertz CT molecular complexity index is 1600. The molecule has 0 spiro atoms. The molecule has 0 aromatic rings. The van der Waals surface area contributed by atoms with E-state index in [4.69, 9.17) is 18.5 Å². The standard InChI is InChI=1S/C47H82O19P2/c1-3-5-7-8-9-10-11-12-13-14-15-16-17-22-26-32-40(51)62-34-37(35-63-68(60,61)66-47-44(55)42(53)43(54)46(45(47)56)65-67(57,58)59)64-41(52)33-27-31-39(50)38(49)30-25-21-19-18-20-24-29-36(48)28-23-6-4-2/h6,18-21,23-25,29-30,36-39,42-50,53-56H,3-5,7-17,22,26-28,31-35H2,1-2H3,(H,60,61)(H2,57,58,59)/b20-18+,21-19-,23-6-,29-24+,30-25-/t36-,37+,38+,39+,42?,43?,44?,45?,46+,47-/m0/s1. The molecule has 0 heterocycles. The Morgan fingerprint density at radius 1 is 0.574 bits per heavy atom. The summed E-state index contributed by atoms with van der Waals surface area (Å²) in [4.78, 5) is 54.3. The molecule has 10 N–H and O–H groups in total. The summed E-state index contributed by atoms with van der Waals surface area (Å²) < 4.78 is 49.1. The van der Waals surface area contributed by atoms with E-state index in [9.17, 15) is 69.1 Å². The quantitative estimate of drug-likeness (QED) is 0.0111. The number of phosphoric acid groups is 2. The lowest BCUT2D eigenvalue weighted by molar-refractivity contribution is -0.216. The lowest BCUT2D eigenvalue weighted by Crippen LogP contribution is -2.64. The fourth-order valence-electron chi connectivity index (χ4n) is 7.07. The molecule has 0 aliphatic heterocycles. The van der Waals surface area contributed by atoms with E-state index in [-0.39, 0.29) is 25.7 Å². The first-order valence-corrected chi connectivity index (χ1v) is 27.2. The van der Waals surface area contributed by atoms with Crippen LogP contribution in [0, 0.1) is 0 Å². The summed E-state index contributed by atoms with van der Waals surface area (Å²) in [6.07, 6.45) is 16.7. The Labute approximate surface area is 402 Å². The molecule has 19 nitrogen and oxygen atoms in total. The fourth-order valence-corrected chi connectivity index (χ4v) is 8.61. The van der Waals surface area contributed by atoms with E-state index >= 15 is 0 Å². The number of ether oxygens (including phenoxy) is 2. The maximum absolute atomic E-state index is 13.0. The third-order valence-corrected chi connectivity index (χ3v) is 12.5. The minimum absolute atomic E-state index is 0.0214. The van der Waals surface area contributed by atoms with E-state index in [0.29, 0.717) is 12.8 Å². The molecule has 0 amide bonds. The first-order valence-electron chi connectivity index (χ1n) is 24.2. The molecule has 0 radical (unpaired) electrons.